The Balaban J connectivity index is 3.02. The van der Waals surface area contributed by atoms with Crippen molar-refractivity contribution in [2.45, 2.75) is 6.92 Å². The predicted octanol–water partition coefficient (Wildman–Crippen LogP) is 1.76. The molecule has 0 saturated carbocycles. The molecule has 0 unspecified atom stereocenters. The molecule has 0 aliphatic carbocycles. The second-order valence-corrected chi connectivity index (χ2v) is 2.37. The van der Waals surface area contributed by atoms with Crippen molar-refractivity contribution in [2.75, 3.05) is 0 Å². The third-order valence-corrected chi connectivity index (χ3v) is 1.58. The Bertz CT molecular complexity index is 333. The van der Waals surface area contributed by atoms with Crippen molar-refractivity contribution in [3.63, 3.8) is 0 Å². The van der Waals surface area contributed by atoms with E-state index < -0.39 is 0 Å². The minimum Gasteiger partial charge on any atom is -0.411 e. The van der Waals surface area contributed by atoms with Gasteiger partial charge in [-0.15, -0.1) is 0 Å². The molecule has 60 valence electrons. The van der Waals surface area contributed by atoms with Crippen LogP contribution in [0.25, 0.3) is 0 Å². The van der Waals surface area contributed by atoms with Crippen molar-refractivity contribution in [3.05, 3.63) is 35.4 Å². The van der Waals surface area contributed by atoms with Gasteiger partial charge >= 0.3 is 0 Å². The Labute approximate surface area is 70.6 Å². The van der Waals surface area contributed by atoms with Crippen molar-refractivity contribution >= 4 is 5.71 Å². The molecule has 0 aromatic heterocycles. The molecular formula is C9H8N2O. The summed E-state index contributed by atoms with van der Waals surface area (Å²) in [5.74, 6) is 0. The van der Waals surface area contributed by atoms with Gasteiger partial charge in [0.05, 0.1) is 17.3 Å². The molecular weight excluding hydrogens is 152 g/mol. The molecule has 0 heterocycles. The van der Waals surface area contributed by atoms with Crippen molar-refractivity contribution in [2.24, 2.45) is 5.16 Å². The fourth-order valence-electron chi connectivity index (χ4n) is 0.844. The molecule has 0 aliphatic heterocycles. The van der Waals surface area contributed by atoms with Crippen LogP contribution in [0, 0.1) is 11.3 Å². The van der Waals surface area contributed by atoms with Crippen LogP contribution < -0.4 is 0 Å². The van der Waals surface area contributed by atoms with Crippen molar-refractivity contribution in [3.8, 4) is 6.07 Å². The van der Waals surface area contributed by atoms with Gasteiger partial charge in [0, 0.05) is 0 Å². The summed E-state index contributed by atoms with van der Waals surface area (Å²) in [5.41, 5.74) is 1.96. The topological polar surface area (TPSA) is 56.4 Å². The fraction of sp³-hybridized carbons (Fsp3) is 0.111. The van der Waals surface area contributed by atoms with Crippen LogP contribution in [0.5, 0.6) is 0 Å². The van der Waals surface area contributed by atoms with Gasteiger partial charge in [-0.05, 0) is 24.6 Å². The largest absolute Gasteiger partial charge is 0.411 e. The minimum absolute atomic E-state index is 0.541. The standard InChI is InChI=1S/C9H8N2O/c1-7(11-12)9-4-2-8(6-10)3-5-9/h2-5,12H,1H3/b11-7-. The lowest BCUT2D eigenvalue weighted by Gasteiger charge is -1.96. The smallest absolute Gasteiger partial charge is 0.0991 e. The van der Waals surface area contributed by atoms with Gasteiger partial charge in [-0.2, -0.15) is 5.26 Å². The number of benzene rings is 1. The molecule has 1 rings (SSSR count). The zero-order valence-electron chi connectivity index (χ0n) is 6.65. The Hall–Kier alpha value is -1.82. The van der Waals surface area contributed by atoms with E-state index >= 15 is 0 Å². The summed E-state index contributed by atoms with van der Waals surface area (Å²) in [5, 5.41) is 20.0. The molecule has 0 amide bonds. The van der Waals surface area contributed by atoms with Crippen LogP contribution >= 0.6 is 0 Å². The average Bonchev–Trinajstić information content (AvgIpc) is 2.17. The SMILES string of the molecule is C/C(=N/O)c1ccc(C#N)cc1. The van der Waals surface area contributed by atoms with Gasteiger partial charge in [0.2, 0.25) is 0 Å². The number of hydrogen-bond acceptors (Lipinski definition) is 3. The van der Waals surface area contributed by atoms with Gasteiger partial charge in [-0.1, -0.05) is 17.3 Å². The maximum atomic E-state index is 8.49. The molecule has 0 fully saturated rings. The normalized spacial score (nSPS) is 10.8. The average molecular weight is 160 g/mol. The first-order chi connectivity index (χ1) is 5.77. The molecule has 0 spiro atoms. The van der Waals surface area contributed by atoms with E-state index in [9.17, 15) is 0 Å². The summed E-state index contributed by atoms with van der Waals surface area (Å²) in [7, 11) is 0. The lowest BCUT2D eigenvalue weighted by atomic mass is 10.1. The van der Waals surface area contributed by atoms with Crippen LogP contribution in [-0.2, 0) is 0 Å². The molecule has 1 aromatic rings. The Kier molecular flexibility index (Phi) is 2.44. The van der Waals surface area contributed by atoms with E-state index in [1.54, 1.807) is 31.2 Å². The van der Waals surface area contributed by atoms with Crippen LogP contribution in [0.4, 0.5) is 0 Å². The highest BCUT2D eigenvalue weighted by Crippen LogP contribution is 2.04. The van der Waals surface area contributed by atoms with Gasteiger partial charge < -0.3 is 5.21 Å². The molecule has 1 aromatic carbocycles. The summed E-state index contributed by atoms with van der Waals surface area (Å²) in [6.45, 7) is 1.70. The first kappa shape index (κ1) is 8.28. The van der Waals surface area contributed by atoms with Gasteiger partial charge in [0.25, 0.3) is 0 Å². The molecule has 0 atom stereocenters. The monoisotopic (exact) mass is 160 g/mol. The van der Waals surface area contributed by atoms with Crippen LogP contribution in [0.2, 0.25) is 0 Å². The van der Waals surface area contributed by atoms with E-state index in [0.717, 1.165) is 5.56 Å². The zero-order valence-corrected chi connectivity index (χ0v) is 6.65. The second kappa shape index (κ2) is 3.54. The number of hydrogen-bond donors (Lipinski definition) is 1. The molecule has 12 heavy (non-hydrogen) atoms. The summed E-state index contributed by atoms with van der Waals surface area (Å²) in [4.78, 5) is 0. The highest BCUT2D eigenvalue weighted by atomic mass is 16.4. The second-order valence-electron chi connectivity index (χ2n) is 2.37. The van der Waals surface area contributed by atoms with Crippen molar-refractivity contribution in [1.82, 2.24) is 0 Å². The molecule has 1 N–H and O–H groups in total. The van der Waals surface area contributed by atoms with Gasteiger partial charge in [0.15, 0.2) is 0 Å². The van der Waals surface area contributed by atoms with Gasteiger partial charge in [-0.3, -0.25) is 0 Å². The maximum absolute atomic E-state index is 8.49. The predicted molar refractivity (Wildman–Crippen MR) is 45.2 cm³/mol. The van der Waals surface area contributed by atoms with E-state index in [0.29, 0.717) is 11.3 Å². The van der Waals surface area contributed by atoms with Crippen LogP contribution in [0.15, 0.2) is 29.4 Å². The minimum atomic E-state index is 0.541. The highest BCUT2D eigenvalue weighted by molar-refractivity contribution is 5.98. The first-order valence-corrected chi connectivity index (χ1v) is 3.47. The van der Waals surface area contributed by atoms with E-state index in [-0.39, 0.29) is 0 Å². The third kappa shape index (κ3) is 1.61. The van der Waals surface area contributed by atoms with E-state index in [1.807, 2.05) is 6.07 Å². The van der Waals surface area contributed by atoms with E-state index in [1.165, 1.54) is 0 Å². The highest BCUT2D eigenvalue weighted by Gasteiger charge is 1.96. The molecule has 3 heteroatoms. The number of rotatable bonds is 1. The van der Waals surface area contributed by atoms with Crippen LogP contribution in [0.1, 0.15) is 18.1 Å². The van der Waals surface area contributed by atoms with Crippen molar-refractivity contribution < 1.29 is 5.21 Å². The molecule has 3 nitrogen and oxygen atoms in total. The quantitative estimate of drug-likeness (QED) is 0.386. The number of oxime groups is 1. The number of nitrogens with zero attached hydrogens (tertiary/aromatic N) is 2. The van der Waals surface area contributed by atoms with Crippen LogP contribution in [0.3, 0.4) is 0 Å². The summed E-state index contributed by atoms with van der Waals surface area (Å²) in [6, 6.07) is 8.87. The van der Waals surface area contributed by atoms with E-state index in [2.05, 4.69) is 5.16 Å². The lowest BCUT2D eigenvalue weighted by Crippen LogP contribution is -1.93. The summed E-state index contributed by atoms with van der Waals surface area (Å²) >= 11 is 0. The van der Waals surface area contributed by atoms with Crippen molar-refractivity contribution in [1.29, 1.82) is 5.26 Å². The van der Waals surface area contributed by atoms with Crippen LogP contribution in [-0.4, -0.2) is 10.9 Å². The first-order valence-electron chi connectivity index (χ1n) is 3.47. The Morgan fingerprint density at radius 2 is 2.00 bits per heavy atom. The van der Waals surface area contributed by atoms with Gasteiger partial charge in [-0.25, -0.2) is 0 Å². The molecule has 0 saturated heterocycles. The fourth-order valence-corrected chi connectivity index (χ4v) is 0.844. The lowest BCUT2D eigenvalue weighted by molar-refractivity contribution is 0.319. The third-order valence-electron chi connectivity index (χ3n) is 1.58. The molecule has 0 radical (unpaired) electrons. The Morgan fingerprint density at radius 3 is 2.42 bits per heavy atom. The molecule has 0 bridgehead atoms. The van der Waals surface area contributed by atoms with E-state index in [4.69, 9.17) is 10.5 Å². The summed E-state index contributed by atoms with van der Waals surface area (Å²) in [6.07, 6.45) is 0. The molecule has 0 aliphatic rings. The Morgan fingerprint density at radius 1 is 1.42 bits per heavy atom. The van der Waals surface area contributed by atoms with Gasteiger partial charge in [0.1, 0.15) is 0 Å². The summed E-state index contributed by atoms with van der Waals surface area (Å²) < 4.78 is 0. The zero-order chi connectivity index (χ0) is 8.97. The maximum Gasteiger partial charge on any atom is 0.0991 e. The number of nitriles is 1.